The summed E-state index contributed by atoms with van der Waals surface area (Å²) in [6.45, 7) is 3.20. The lowest BCUT2D eigenvalue weighted by Crippen LogP contribution is -2.49. The Bertz CT molecular complexity index is 432. The Morgan fingerprint density at radius 1 is 1.48 bits per heavy atom. The number of carbonyl (C=O) groups excluding carboxylic acids is 3. The predicted octanol–water partition coefficient (Wildman–Crippen LogP) is -0.0928. The lowest BCUT2D eigenvalue weighted by molar-refractivity contribution is -0.142. The molecule has 0 aliphatic carbocycles. The molecule has 8 heteroatoms. The molecule has 0 aromatic rings. The zero-order chi connectivity index (χ0) is 15.4. The lowest BCUT2D eigenvalue weighted by Gasteiger charge is -2.31. The van der Waals surface area contributed by atoms with E-state index >= 15 is 0 Å². The number of morpholine rings is 1. The zero-order valence-corrected chi connectivity index (χ0v) is 13.1. The molecule has 0 unspecified atom stereocenters. The maximum Gasteiger partial charge on any atom is 0.325 e. The molecule has 0 aromatic carbocycles. The van der Waals surface area contributed by atoms with Crippen LogP contribution in [0.5, 0.6) is 0 Å². The van der Waals surface area contributed by atoms with Crippen molar-refractivity contribution in [2.75, 3.05) is 38.2 Å². The van der Waals surface area contributed by atoms with Gasteiger partial charge in [-0.05, 0) is 25.4 Å². The molecule has 2 fully saturated rings. The van der Waals surface area contributed by atoms with Crippen LogP contribution in [0.3, 0.4) is 0 Å². The molecular weight excluding hydrogens is 294 g/mol. The summed E-state index contributed by atoms with van der Waals surface area (Å²) < 4.78 is 5.38. The van der Waals surface area contributed by atoms with Crippen LogP contribution in [0.1, 0.15) is 13.3 Å². The van der Waals surface area contributed by atoms with Crippen molar-refractivity contribution in [2.45, 2.75) is 25.5 Å². The van der Waals surface area contributed by atoms with Crippen LogP contribution in [0.15, 0.2) is 0 Å². The Hall–Kier alpha value is -1.28. The van der Waals surface area contributed by atoms with E-state index in [9.17, 15) is 14.4 Å². The summed E-state index contributed by atoms with van der Waals surface area (Å²) in [5, 5.41) is 2.63. The molecule has 4 amide bonds. The average Bonchev–Trinajstić information content (AvgIpc) is 2.72. The SMILES string of the molecule is CSCC[C@@H]1NC(=O)N(CC(=O)N2CCO[C@@H](C)C2)C1=O. The first-order valence-electron chi connectivity index (χ1n) is 7.03. The van der Waals surface area contributed by atoms with E-state index in [1.165, 1.54) is 0 Å². The number of carbonyl (C=O) groups is 3. The summed E-state index contributed by atoms with van der Waals surface area (Å²) >= 11 is 1.62. The molecular formula is C13H21N3O4S. The number of nitrogens with one attached hydrogen (secondary N) is 1. The van der Waals surface area contributed by atoms with Crippen LogP contribution < -0.4 is 5.32 Å². The van der Waals surface area contributed by atoms with Gasteiger partial charge in [-0.2, -0.15) is 11.8 Å². The van der Waals surface area contributed by atoms with E-state index in [1.807, 2.05) is 13.2 Å². The van der Waals surface area contributed by atoms with Gasteiger partial charge in [0.05, 0.1) is 12.7 Å². The minimum atomic E-state index is -0.499. The summed E-state index contributed by atoms with van der Waals surface area (Å²) in [7, 11) is 0. The maximum atomic E-state index is 12.2. The number of amides is 4. The fourth-order valence-corrected chi connectivity index (χ4v) is 2.91. The molecule has 1 N–H and O–H groups in total. The van der Waals surface area contributed by atoms with Gasteiger partial charge in [-0.25, -0.2) is 4.79 Å². The number of thioether (sulfide) groups is 1. The van der Waals surface area contributed by atoms with E-state index in [0.717, 1.165) is 10.7 Å². The quantitative estimate of drug-likeness (QED) is 0.717. The van der Waals surface area contributed by atoms with Crippen LogP contribution in [0.2, 0.25) is 0 Å². The molecule has 2 rings (SSSR count). The van der Waals surface area contributed by atoms with Gasteiger partial charge in [0, 0.05) is 13.1 Å². The molecule has 0 bridgehead atoms. The van der Waals surface area contributed by atoms with Gasteiger partial charge in [-0.15, -0.1) is 0 Å². The summed E-state index contributed by atoms with van der Waals surface area (Å²) in [5.74, 6) is 0.280. The van der Waals surface area contributed by atoms with Crippen LogP contribution in [0, 0.1) is 0 Å². The molecule has 0 spiro atoms. The highest BCUT2D eigenvalue weighted by atomic mass is 32.2. The van der Waals surface area contributed by atoms with Crippen molar-refractivity contribution < 1.29 is 19.1 Å². The van der Waals surface area contributed by atoms with Gasteiger partial charge in [0.25, 0.3) is 5.91 Å². The minimum absolute atomic E-state index is 0.0138. The number of hydrogen-bond donors (Lipinski definition) is 1. The van der Waals surface area contributed by atoms with Gasteiger partial charge in [0.2, 0.25) is 5.91 Å². The topological polar surface area (TPSA) is 79.0 Å². The van der Waals surface area contributed by atoms with Crippen LogP contribution in [-0.4, -0.2) is 78.0 Å². The van der Waals surface area contributed by atoms with Crippen molar-refractivity contribution in [1.82, 2.24) is 15.1 Å². The van der Waals surface area contributed by atoms with Crippen molar-refractivity contribution in [3.63, 3.8) is 0 Å². The van der Waals surface area contributed by atoms with E-state index < -0.39 is 12.1 Å². The third-order valence-corrected chi connectivity index (χ3v) is 4.25. The largest absolute Gasteiger partial charge is 0.375 e. The minimum Gasteiger partial charge on any atom is -0.375 e. The van der Waals surface area contributed by atoms with Crippen LogP contribution in [-0.2, 0) is 14.3 Å². The van der Waals surface area contributed by atoms with Crippen LogP contribution in [0.25, 0.3) is 0 Å². The van der Waals surface area contributed by atoms with Gasteiger partial charge >= 0.3 is 6.03 Å². The Kier molecular flexibility index (Phi) is 5.46. The monoisotopic (exact) mass is 315 g/mol. The first-order chi connectivity index (χ1) is 10.0. The summed E-state index contributed by atoms with van der Waals surface area (Å²) in [6, 6.07) is -0.970. The molecule has 7 nitrogen and oxygen atoms in total. The molecule has 2 aliphatic heterocycles. The maximum absolute atomic E-state index is 12.2. The van der Waals surface area contributed by atoms with E-state index in [0.29, 0.717) is 26.1 Å². The highest BCUT2D eigenvalue weighted by molar-refractivity contribution is 7.98. The Morgan fingerprint density at radius 3 is 2.90 bits per heavy atom. The Morgan fingerprint density at radius 2 is 2.24 bits per heavy atom. The van der Waals surface area contributed by atoms with Gasteiger partial charge in [0.15, 0.2) is 0 Å². The number of hydrogen-bond acceptors (Lipinski definition) is 5. The Balaban J connectivity index is 1.91. The first kappa shape index (κ1) is 16.1. The molecule has 118 valence electrons. The van der Waals surface area contributed by atoms with E-state index in [-0.39, 0.29) is 24.5 Å². The van der Waals surface area contributed by atoms with Gasteiger partial charge in [-0.3, -0.25) is 14.5 Å². The third-order valence-electron chi connectivity index (χ3n) is 3.60. The van der Waals surface area contributed by atoms with Gasteiger partial charge in [0.1, 0.15) is 12.6 Å². The highest BCUT2D eigenvalue weighted by Gasteiger charge is 2.39. The smallest absolute Gasteiger partial charge is 0.325 e. The summed E-state index contributed by atoms with van der Waals surface area (Å²) in [4.78, 5) is 38.8. The predicted molar refractivity (Wildman–Crippen MR) is 79.0 cm³/mol. The molecule has 21 heavy (non-hydrogen) atoms. The second-order valence-corrected chi connectivity index (χ2v) is 6.21. The molecule has 2 saturated heterocycles. The highest BCUT2D eigenvalue weighted by Crippen LogP contribution is 2.13. The van der Waals surface area contributed by atoms with Crippen molar-refractivity contribution in [3.05, 3.63) is 0 Å². The van der Waals surface area contributed by atoms with Crippen molar-refractivity contribution in [2.24, 2.45) is 0 Å². The van der Waals surface area contributed by atoms with E-state index in [2.05, 4.69) is 5.32 Å². The molecule has 0 radical (unpaired) electrons. The Labute approximate surface area is 128 Å². The van der Waals surface area contributed by atoms with Crippen molar-refractivity contribution in [3.8, 4) is 0 Å². The van der Waals surface area contributed by atoms with E-state index in [4.69, 9.17) is 4.74 Å². The number of rotatable bonds is 5. The molecule has 0 aromatic heterocycles. The molecule has 2 aliphatic rings. The van der Waals surface area contributed by atoms with Gasteiger partial charge < -0.3 is 15.0 Å². The second-order valence-electron chi connectivity index (χ2n) is 5.23. The number of imide groups is 1. The summed E-state index contributed by atoms with van der Waals surface area (Å²) in [5.41, 5.74) is 0. The van der Waals surface area contributed by atoms with Crippen molar-refractivity contribution in [1.29, 1.82) is 0 Å². The number of urea groups is 1. The summed E-state index contributed by atoms with van der Waals surface area (Å²) in [6.07, 6.45) is 2.52. The standard InChI is InChI=1S/C13H21N3O4S/c1-9-7-15(4-5-20-9)11(17)8-16-12(18)10(3-6-21-2)14-13(16)19/h9-10H,3-8H2,1-2H3,(H,14,19)/t9-,10-/m0/s1. The number of ether oxygens (including phenoxy) is 1. The lowest BCUT2D eigenvalue weighted by atomic mass is 10.2. The van der Waals surface area contributed by atoms with Crippen LogP contribution in [0.4, 0.5) is 4.79 Å². The normalized spacial score (nSPS) is 26.2. The fourth-order valence-electron chi connectivity index (χ4n) is 2.44. The number of nitrogens with zero attached hydrogens (tertiary/aromatic N) is 2. The van der Waals surface area contributed by atoms with Crippen LogP contribution >= 0.6 is 11.8 Å². The first-order valence-corrected chi connectivity index (χ1v) is 8.42. The second kappa shape index (κ2) is 7.13. The molecule has 2 heterocycles. The van der Waals surface area contributed by atoms with E-state index in [1.54, 1.807) is 16.7 Å². The molecule has 0 saturated carbocycles. The fraction of sp³-hybridized carbons (Fsp3) is 0.769. The van der Waals surface area contributed by atoms with Gasteiger partial charge in [-0.1, -0.05) is 0 Å². The third kappa shape index (κ3) is 3.88. The molecule has 2 atom stereocenters. The van der Waals surface area contributed by atoms with Crippen molar-refractivity contribution >= 4 is 29.6 Å². The average molecular weight is 315 g/mol. The zero-order valence-electron chi connectivity index (χ0n) is 12.3.